The summed E-state index contributed by atoms with van der Waals surface area (Å²) in [4.78, 5) is 2.78. The van der Waals surface area contributed by atoms with Gasteiger partial charge in [-0.3, -0.25) is 0 Å². The number of rotatable bonds is 2. The molecule has 0 aliphatic rings. The van der Waals surface area contributed by atoms with Crippen LogP contribution >= 0.6 is 11.6 Å². The molecule has 0 saturated heterocycles. The van der Waals surface area contributed by atoms with Crippen molar-refractivity contribution < 1.29 is 26.3 Å². The average Bonchev–Trinajstić information content (AvgIpc) is 2.14. The van der Waals surface area contributed by atoms with E-state index in [9.17, 15) is 26.3 Å². The molecule has 0 saturated carbocycles. The van der Waals surface area contributed by atoms with Gasteiger partial charge in [0.15, 0.2) is 0 Å². The maximum Gasteiger partial charge on any atom is 0.420 e. The lowest BCUT2D eigenvalue weighted by Gasteiger charge is -2.11. The number of halogens is 7. The zero-order valence-corrected chi connectivity index (χ0v) is 8.21. The van der Waals surface area contributed by atoms with E-state index in [2.05, 4.69) is 4.98 Å². The molecule has 0 atom stereocenters. The smallest absolute Gasteiger partial charge is 0.223 e. The number of nitrogens with zero attached hydrogens (tertiary/aromatic N) is 1. The van der Waals surface area contributed by atoms with Crippen LogP contribution in [-0.2, 0) is 12.1 Å². The third kappa shape index (κ3) is 2.58. The quantitative estimate of drug-likeness (QED) is 0.448. The summed E-state index contributed by atoms with van der Waals surface area (Å²) in [6.07, 6.45) is -8.26. The van der Waals surface area contributed by atoms with Gasteiger partial charge in [0.1, 0.15) is 5.56 Å². The first-order valence-corrected chi connectivity index (χ1v) is 4.41. The van der Waals surface area contributed by atoms with E-state index < -0.39 is 41.3 Å². The van der Waals surface area contributed by atoms with Gasteiger partial charge in [-0.05, 0) is 6.07 Å². The molecule has 8 heteroatoms. The molecule has 0 aliphatic carbocycles. The van der Waals surface area contributed by atoms with Gasteiger partial charge >= 0.3 is 6.18 Å². The summed E-state index contributed by atoms with van der Waals surface area (Å²) in [7, 11) is 0. The minimum absolute atomic E-state index is 0.0325. The second-order valence-corrected chi connectivity index (χ2v) is 3.06. The van der Waals surface area contributed by atoms with Crippen LogP contribution in [0, 0.1) is 5.95 Å². The van der Waals surface area contributed by atoms with Crippen LogP contribution in [0.5, 0.6) is 0 Å². The molecule has 1 aromatic heterocycles. The second-order valence-electron chi connectivity index (χ2n) is 2.79. The summed E-state index contributed by atoms with van der Waals surface area (Å²) in [5, 5.41) is 0. The van der Waals surface area contributed by atoms with E-state index in [1.54, 1.807) is 0 Å². The standard InChI is InChI=1S/C8H4ClF6N/c9-2-5-3(6(10)11)1-4(7(12)16-5)8(13,14)15/h1,6H,2H2. The zero-order valence-electron chi connectivity index (χ0n) is 7.45. The van der Waals surface area contributed by atoms with E-state index in [0.717, 1.165) is 0 Å². The highest BCUT2D eigenvalue weighted by molar-refractivity contribution is 6.17. The van der Waals surface area contributed by atoms with Crippen LogP contribution in [0.2, 0.25) is 0 Å². The molecule has 1 aromatic rings. The summed E-state index contributed by atoms with van der Waals surface area (Å²) in [6, 6.07) is 0.0325. The molecule has 1 heterocycles. The van der Waals surface area contributed by atoms with Gasteiger partial charge in [-0.25, -0.2) is 13.8 Å². The molecule has 1 rings (SSSR count). The Balaban J connectivity index is 3.39. The van der Waals surface area contributed by atoms with Crippen molar-refractivity contribution in [3.63, 3.8) is 0 Å². The number of alkyl halides is 6. The lowest BCUT2D eigenvalue weighted by molar-refractivity contribution is -0.140. The Kier molecular flexibility index (Phi) is 3.67. The molecule has 16 heavy (non-hydrogen) atoms. The largest absolute Gasteiger partial charge is 0.420 e. The first-order valence-electron chi connectivity index (χ1n) is 3.88. The van der Waals surface area contributed by atoms with E-state index in [4.69, 9.17) is 11.6 Å². The topological polar surface area (TPSA) is 12.9 Å². The van der Waals surface area contributed by atoms with Crippen molar-refractivity contribution in [1.82, 2.24) is 4.98 Å². The number of aromatic nitrogens is 1. The van der Waals surface area contributed by atoms with Gasteiger partial charge in [0.05, 0.1) is 11.6 Å². The van der Waals surface area contributed by atoms with Gasteiger partial charge in [-0.15, -0.1) is 11.6 Å². The lowest BCUT2D eigenvalue weighted by Crippen LogP contribution is -2.12. The second kappa shape index (κ2) is 4.48. The normalized spacial score (nSPS) is 12.2. The first-order chi connectivity index (χ1) is 7.27. The van der Waals surface area contributed by atoms with Gasteiger partial charge in [-0.2, -0.15) is 17.6 Å². The highest BCUT2D eigenvalue weighted by Crippen LogP contribution is 2.34. The van der Waals surface area contributed by atoms with Gasteiger partial charge in [0.25, 0.3) is 6.43 Å². The summed E-state index contributed by atoms with van der Waals surface area (Å²) >= 11 is 5.17. The Labute approximate surface area is 91.0 Å². The molecule has 0 bridgehead atoms. The monoisotopic (exact) mass is 263 g/mol. The van der Waals surface area contributed by atoms with E-state index in [1.807, 2.05) is 0 Å². The Morgan fingerprint density at radius 2 is 1.88 bits per heavy atom. The predicted molar refractivity (Wildman–Crippen MR) is 43.7 cm³/mol. The third-order valence-electron chi connectivity index (χ3n) is 1.76. The molecule has 0 spiro atoms. The van der Waals surface area contributed by atoms with Crippen LogP contribution in [0.3, 0.4) is 0 Å². The molecule has 0 amide bonds. The van der Waals surface area contributed by atoms with Crippen molar-refractivity contribution in [3.8, 4) is 0 Å². The fourth-order valence-electron chi connectivity index (χ4n) is 1.04. The molecular weight excluding hydrogens is 260 g/mol. The molecule has 0 aromatic carbocycles. The summed E-state index contributed by atoms with van der Waals surface area (Å²) in [6.45, 7) is 0. The minimum Gasteiger partial charge on any atom is -0.223 e. The highest BCUT2D eigenvalue weighted by atomic mass is 35.5. The molecule has 0 radical (unpaired) electrons. The fraction of sp³-hybridized carbons (Fsp3) is 0.375. The summed E-state index contributed by atoms with van der Waals surface area (Å²) in [5.41, 5.74) is -3.43. The molecule has 0 unspecified atom stereocenters. The van der Waals surface area contributed by atoms with Crippen molar-refractivity contribution in [3.05, 3.63) is 28.8 Å². The Bertz CT molecular complexity index is 389. The Morgan fingerprint density at radius 3 is 2.25 bits per heavy atom. The van der Waals surface area contributed by atoms with Crippen molar-refractivity contribution in [2.45, 2.75) is 18.5 Å². The molecule has 0 fully saturated rings. The highest BCUT2D eigenvalue weighted by Gasteiger charge is 2.36. The molecule has 0 aliphatic heterocycles. The van der Waals surface area contributed by atoms with Crippen molar-refractivity contribution in [2.75, 3.05) is 0 Å². The zero-order chi connectivity index (χ0) is 12.5. The van der Waals surface area contributed by atoms with Gasteiger partial charge in [0.2, 0.25) is 5.95 Å². The van der Waals surface area contributed by atoms with Crippen LogP contribution in [0.1, 0.15) is 23.2 Å². The van der Waals surface area contributed by atoms with Crippen LogP contribution < -0.4 is 0 Å². The van der Waals surface area contributed by atoms with Gasteiger partial charge in [-0.1, -0.05) is 0 Å². The first kappa shape index (κ1) is 13.1. The average molecular weight is 264 g/mol. The summed E-state index contributed by atoms with van der Waals surface area (Å²) in [5.74, 6) is -2.44. The maximum absolute atomic E-state index is 12.8. The van der Waals surface area contributed by atoms with Crippen LogP contribution in [0.4, 0.5) is 26.3 Å². The summed E-state index contributed by atoms with van der Waals surface area (Å²) < 4.78 is 74.0. The lowest BCUT2D eigenvalue weighted by atomic mass is 10.1. The number of hydrogen-bond donors (Lipinski definition) is 0. The molecule has 1 nitrogen and oxygen atoms in total. The number of pyridine rings is 1. The van der Waals surface area contributed by atoms with Crippen molar-refractivity contribution >= 4 is 11.6 Å². The molecule has 90 valence electrons. The van der Waals surface area contributed by atoms with Crippen LogP contribution in [0.25, 0.3) is 0 Å². The van der Waals surface area contributed by atoms with Crippen molar-refractivity contribution in [1.29, 1.82) is 0 Å². The predicted octanol–water partition coefficient (Wildman–Crippen LogP) is 3.92. The van der Waals surface area contributed by atoms with E-state index >= 15 is 0 Å². The SMILES string of the molecule is Fc1nc(CCl)c(C(F)F)cc1C(F)(F)F. The third-order valence-corrected chi connectivity index (χ3v) is 2.01. The van der Waals surface area contributed by atoms with Crippen molar-refractivity contribution in [2.24, 2.45) is 0 Å². The molecule has 0 N–H and O–H groups in total. The van der Waals surface area contributed by atoms with Gasteiger partial charge in [0, 0.05) is 5.56 Å². The van der Waals surface area contributed by atoms with E-state index in [1.165, 1.54) is 0 Å². The van der Waals surface area contributed by atoms with Crippen LogP contribution in [0.15, 0.2) is 6.07 Å². The van der Waals surface area contributed by atoms with Gasteiger partial charge < -0.3 is 0 Å². The fourth-order valence-corrected chi connectivity index (χ4v) is 1.25. The van der Waals surface area contributed by atoms with E-state index in [-0.39, 0.29) is 6.07 Å². The van der Waals surface area contributed by atoms with E-state index in [0.29, 0.717) is 0 Å². The number of hydrogen-bond acceptors (Lipinski definition) is 1. The van der Waals surface area contributed by atoms with Crippen LogP contribution in [-0.4, -0.2) is 4.98 Å². The Hall–Kier alpha value is -0.980. The minimum atomic E-state index is -5.06. The maximum atomic E-state index is 12.8. The molecular formula is C8H4ClF6N. The Morgan fingerprint density at radius 1 is 1.31 bits per heavy atom.